The van der Waals surface area contributed by atoms with Crippen LogP contribution in [-0.2, 0) is 13.1 Å². The smallest absolute Gasteiger partial charge is 0.335 e. The first-order chi connectivity index (χ1) is 11.5. The van der Waals surface area contributed by atoms with Crippen LogP contribution in [0, 0.1) is 0 Å². The minimum Gasteiger partial charge on any atom is -0.478 e. The summed E-state index contributed by atoms with van der Waals surface area (Å²) in [5.41, 5.74) is 1.73. The Morgan fingerprint density at radius 1 is 1.08 bits per heavy atom. The van der Waals surface area contributed by atoms with Gasteiger partial charge in [-0.15, -0.1) is 0 Å². The Hall–Kier alpha value is -3.16. The number of aromatic nitrogens is 2. The van der Waals surface area contributed by atoms with Crippen LogP contribution in [0.3, 0.4) is 0 Å². The van der Waals surface area contributed by atoms with Crippen molar-refractivity contribution >= 4 is 17.9 Å². The molecule has 2 aromatic rings. The van der Waals surface area contributed by atoms with E-state index in [1.165, 1.54) is 12.1 Å². The van der Waals surface area contributed by atoms with Gasteiger partial charge in [-0.1, -0.05) is 12.1 Å². The Bertz CT molecular complexity index is 716. The zero-order chi connectivity index (χ0) is 17.5. The molecule has 0 bridgehead atoms. The molecule has 2 rings (SSSR count). The van der Waals surface area contributed by atoms with Gasteiger partial charge >= 0.3 is 12.0 Å². The largest absolute Gasteiger partial charge is 0.478 e. The summed E-state index contributed by atoms with van der Waals surface area (Å²) in [6.07, 6.45) is 1.64. The number of carboxylic acid groups (broad SMARTS) is 1. The van der Waals surface area contributed by atoms with E-state index in [0.29, 0.717) is 18.2 Å². The molecule has 2 amide bonds. The van der Waals surface area contributed by atoms with Gasteiger partial charge in [0.25, 0.3) is 0 Å². The number of hydrogen-bond donors (Lipinski definition) is 3. The molecule has 1 aromatic carbocycles. The number of benzene rings is 1. The highest BCUT2D eigenvalue weighted by Crippen LogP contribution is 2.05. The van der Waals surface area contributed by atoms with Crippen molar-refractivity contribution in [1.82, 2.24) is 20.6 Å². The first-order valence-corrected chi connectivity index (χ1v) is 7.29. The standard InChI is InChI=1S/C16H19N5O3/c1-21(2)15-17-8-7-13(20-15)10-19-16(24)18-9-11-3-5-12(6-4-11)14(22)23/h3-8H,9-10H2,1-2H3,(H,22,23)(H2,18,19,24). The van der Waals surface area contributed by atoms with Gasteiger partial charge in [-0.05, 0) is 23.8 Å². The van der Waals surface area contributed by atoms with E-state index in [2.05, 4.69) is 20.6 Å². The van der Waals surface area contributed by atoms with Crippen molar-refractivity contribution in [2.75, 3.05) is 19.0 Å². The van der Waals surface area contributed by atoms with E-state index in [9.17, 15) is 9.59 Å². The first kappa shape index (κ1) is 17.2. The lowest BCUT2D eigenvalue weighted by Gasteiger charge is -2.11. The lowest BCUT2D eigenvalue weighted by atomic mass is 10.1. The lowest BCUT2D eigenvalue weighted by Crippen LogP contribution is -2.34. The summed E-state index contributed by atoms with van der Waals surface area (Å²) in [5, 5.41) is 14.2. The van der Waals surface area contributed by atoms with E-state index in [1.807, 2.05) is 14.1 Å². The minimum absolute atomic E-state index is 0.212. The Labute approximate surface area is 139 Å². The predicted octanol–water partition coefficient (Wildman–Crippen LogP) is 1.24. The van der Waals surface area contributed by atoms with Gasteiger partial charge < -0.3 is 20.6 Å². The van der Waals surface area contributed by atoms with Crippen molar-refractivity contribution in [3.63, 3.8) is 0 Å². The van der Waals surface area contributed by atoms with Gasteiger partial charge in [0.05, 0.1) is 17.8 Å². The maximum absolute atomic E-state index is 11.8. The summed E-state index contributed by atoms with van der Waals surface area (Å²) in [5.74, 6) is -0.401. The van der Waals surface area contributed by atoms with E-state index in [1.54, 1.807) is 29.3 Å². The average molecular weight is 329 g/mol. The number of nitrogens with zero attached hydrogens (tertiary/aromatic N) is 3. The molecular formula is C16H19N5O3. The van der Waals surface area contributed by atoms with Gasteiger partial charge in [0.2, 0.25) is 5.95 Å². The molecule has 0 saturated carbocycles. The van der Waals surface area contributed by atoms with Gasteiger partial charge in [-0.2, -0.15) is 0 Å². The van der Waals surface area contributed by atoms with E-state index >= 15 is 0 Å². The zero-order valence-corrected chi connectivity index (χ0v) is 13.5. The Morgan fingerprint density at radius 2 is 1.75 bits per heavy atom. The number of rotatable bonds is 6. The molecule has 0 radical (unpaired) electrons. The highest BCUT2D eigenvalue weighted by atomic mass is 16.4. The van der Waals surface area contributed by atoms with Crippen LogP contribution in [0.25, 0.3) is 0 Å². The van der Waals surface area contributed by atoms with Crippen molar-refractivity contribution in [3.8, 4) is 0 Å². The Kier molecular flexibility index (Phi) is 5.67. The van der Waals surface area contributed by atoms with Crippen molar-refractivity contribution in [2.45, 2.75) is 13.1 Å². The maximum Gasteiger partial charge on any atom is 0.335 e. The fourth-order valence-electron chi connectivity index (χ4n) is 1.88. The summed E-state index contributed by atoms with van der Waals surface area (Å²) >= 11 is 0. The fraction of sp³-hybridized carbons (Fsp3) is 0.250. The third kappa shape index (κ3) is 4.94. The number of carboxylic acids is 1. The molecule has 0 aliphatic carbocycles. The number of nitrogens with one attached hydrogen (secondary N) is 2. The third-order valence-electron chi connectivity index (χ3n) is 3.18. The van der Waals surface area contributed by atoms with Crippen LogP contribution in [0.5, 0.6) is 0 Å². The van der Waals surface area contributed by atoms with Crippen LogP contribution in [0.4, 0.5) is 10.7 Å². The van der Waals surface area contributed by atoms with Crippen molar-refractivity contribution in [3.05, 3.63) is 53.3 Å². The molecular weight excluding hydrogens is 310 g/mol. The number of carbonyl (C=O) groups excluding carboxylic acids is 1. The van der Waals surface area contributed by atoms with Crippen molar-refractivity contribution in [1.29, 1.82) is 0 Å². The summed E-state index contributed by atoms with van der Waals surface area (Å²) in [6.45, 7) is 0.589. The first-order valence-electron chi connectivity index (χ1n) is 7.29. The average Bonchev–Trinajstić information content (AvgIpc) is 2.58. The number of amides is 2. The number of anilines is 1. The van der Waals surface area contributed by atoms with E-state index in [-0.39, 0.29) is 18.1 Å². The summed E-state index contributed by atoms with van der Waals surface area (Å²) in [7, 11) is 3.68. The zero-order valence-electron chi connectivity index (χ0n) is 13.5. The minimum atomic E-state index is -0.978. The molecule has 8 heteroatoms. The van der Waals surface area contributed by atoms with E-state index in [4.69, 9.17) is 5.11 Å². The molecule has 1 heterocycles. The van der Waals surface area contributed by atoms with Crippen LogP contribution in [0.1, 0.15) is 21.6 Å². The van der Waals surface area contributed by atoms with Crippen LogP contribution in [0.15, 0.2) is 36.5 Å². The predicted molar refractivity (Wildman–Crippen MR) is 88.8 cm³/mol. The molecule has 0 aliphatic rings. The molecule has 0 aliphatic heterocycles. The van der Waals surface area contributed by atoms with Crippen molar-refractivity contribution in [2.24, 2.45) is 0 Å². The normalized spacial score (nSPS) is 10.1. The maximum atomic E-state index is 11.8. The van der Waals surface area contributed by atoms with Crippen LogP contribution in [-0.4, -0.2) is 41.2 Å². The molecule has 0 unspecified atom stereocenters. The second-order valence-electron chi connectivity index (χ2n) is 5.28. The van der Waals surface area contributed by atoms with E-state index in [0.717, 1.165) is 5.56 Å². The summed E-state index contributed by atoms with van der Waals surface area (Å²) in [4.78, 5) is 32.8. The highest BCUT2D eigenvalue weighted by Gasteiger charge is 2.05. The molecule has 1 aromatic heterocycles. The highest BCUT2D eigenvalue weighted by molar-refractivity contribution is 5.87. The quantitative estimate of drug-likeness (QED) is 0.736. The Morgan fingerprint density at radius 3 is 2.38 bits per heavy atom. The van der Waals surface area contributed by atoms with Crippen LogP contribution >= 0.6 is 0 Å². The molecule has 3 N–H and O–H groups in total. The van der Waals surface area contributed by atoms with Gasteiger partial charge in [0.1, 0.15) is 0 Å². The second kappa shape index (κ2) is 7.91. The molecule has 0 atom stereocenters. The summed E-state index contributed by atoms with van der Waals surface area (Å²) in [6, 6.07) is 7.73. The SMILES string of the molecule is CN(C)c1nccc(CNC(=O)NCc2ccc(C(=O)O)cc2)n1. The molecule has 8 nitrogen and oxygen atoms in total. The number of hydrogen-bond acceptors (Lipinski definition) is 5. The lowest BCUT2D eigenvalue weighted by molar-refractivity contribution is 0.0697. The monoisotopic (exact) mass is 329 g/mol. The van der Waals surface area contributed by atoms with Gasteiger partial charge in [0, 0.05) is 26.8 Å². The van der Waals surface area contributed by atoms with Crippen molar-refractivity contribution < 1.29 is 14.7 Å². The topological polar surface area (TPSA) is 107 Å². The molecule has 0 fully saturated rings. The summed E-state index contributed by atoms with van der Waals surface area (Å²) < 4.78 is 0. The molecule has 0 spiro atoms. The van der Waals surface area contributed by atoms with Gasteiger partial charge in [0.15, 0.2) is 0 Å². The third-order valence-corrected chi connectivity index (χ3v) is 3.18. The Balaban J connectivity index is 1.81. The fourth-order valence-corrected chi connectivity index (χ4v) is 1.88. The molecule has 126 valence electrons. The number of urea groups is 1. The van der Waals surface area contributed by atoms with Gasteiger partial charge in [-0.25, -0.2) is 19.6 Å². The second-order valence-corrected chi connectivity index (χ2v) is 5.28. The van der Waals surface area contributed by atoms with Gasteiger partial charge in [-0.3, -0.25) is 0 Å². The molecule has 24 heavy (non-hydrogen) atoms. The van der Waals surface area contributed by atoms with E-state index < -0.39 is 5.97 Å². The van der Waals surface area contributed by atoms with Crippen LogP contribution in [0.2, 0.25) is 0 Å². The molecule has 0 saturated heterocycles. The number of aromatic carboxylic acids is 1. The number of carbonyl (C=O) groups is 2. The van der Waals surface area contributed by atoms with Crippen LogP contribution < -0.4 is 15.5 Å².